The molecule has 2 aliphatic rings. The maximum atomic E-state index is 9.34. The van der Waals surface area contributed by atoms with Crippen LogP contribution in [0, 0.1) is 63.7 Å². The van der Waals surface area contributed by atoms with Gasteiger partial charge in [0.05, 0.1) is 6.10 Å². The maximum Gasteiger partial charge on any atom is 2.00 e. The Morgan fingerprint density at radius 1 is 1.00 bits per heavy atom. The number of rotatable bonds is 3. The van der Waals surface area contributed by atoms with Gasteiger partial charge in [0.25, 0.3) is 0 Å². The Kier molecular flexibility index (Phi) is 10.5. The number of aliphatic hydroxyl groups is 1. The minimum absolute atomic E-state index is 0. The summed E-state index contributed by atoms with van der Waals surface area (Å²) in [5.41, 5.74) is 0. The Morgan fingerprint density at radius 2 is 1.44 bits per heavy atom. The fourth-order valence-electron chi connectivity index (χ4n) is 1.23. The maximum absolute atomic E-state index is 9.34. The molecule has 2 saturated carbocycles. The first-order valence-electron chi connectivity index (χ1n) is 5.02. The molecule has 2 rings (SSSR count). The van der Waals surface area contributed by atoms with E-state index in [2.05, 4.69) is 6.58 Å². The molecule has 1 unspecified atom stereocenters. The summed E-state index contributed by atoms with van der Waals surface area (Å²) in [6, 6.07) is 0. The summed E-state index contributed by atoms with van der Waals surface area (Å²) >= 11 is 0. The van der Waals surface area contributed by atoms with Crippen molar-refractivity contribution in [2.75, 3.05) is 0 Å². The van der Waals surface area contributed by atoms with Crippen LogP contribution in [0.25, 0.3) is 0 Å². The van der Waals surface area contributed by atoms with E-state index in [1.165, 1.54) is 0 Å². The van der Waals surface area contributed by atoms with Crippen LogP contribution in [0.15, 0.2) is 12.7 Å². The van der Waals surface area contributed by atoms with Gasteiger partial charge in [0, 0.05) is 5.92 Å². The van der Waals surface area contributed by atoms with Crippen molar-refractivity contribution in [2.45, 2.75) is 12.5 Å². The second-order valence-electron chi connectivity index (χ2n) is 3.22. The first-order chi connectivity index (χ1) is 7.34. The summed E-state index contributed by atoms with van der Waals surface area (Å²) in [6.07, 6.45) is 19.6. The molecule has 0 aromatic rings. The van der Waals surface area contributed by atoms with Crippen molar-refractivity contribution in [3.8, 4) is 0 Å². The largest absolute Gasteiger partial charge is 2.00 e. The molecule has 0 spiro atoms. The van der Waals surface area contributed by atoms with Gasteiger partial charge in [-0.25, -0.2) is 0 Å². The first kappa shape index (κ1) is 16.2. The third kappa shape index (κ3) is 6.73. The van der Waals surface area contributed by atoms with Gasteiger partial charge in [-0.15, -0.1) is 6.58 Å². The van der Waals surface area contributed by atoms with E-state index in [-0.39, 0.29) is 23.2 Å². The van der Waals surface area contributed by atoms with Gasteiger partial charge in [-0.05, 0) is 64.2 Å². The zero-order chi connectivity index (χ0) is 10.9. The van der Waals surface area contributed by atoms with Gasteiger partial charge < -0.3 is 5.11 Å². The molecule has 0 amide bonds. The summed E-state index contributed by atoms with van der Waals surface area (Å²) in [6.45, 7) is 3.55. The van der Waals surface area contributed by atoms with E-state index < -0.39 is 0 Å². The van der Waals surface area contributed by atoms with Crippen molar-refractivity contribution in [3.05, 3.63) is 76.4 Å². The van der Waals surface area contributed by atoms with Crippen LogP contribution >= 0.6 is 0 Å². The Labute approximate surface area is 111 Å². The van der Waals surface area contributed by atoms with Crippen LogP contribution in [0.2, 0.25) is 0 Å². The van der Waals surface area contributed by atoms with Crippen molar-refractivity contribution < 1.29 is 22.2 Å². The van der Waals surface area contributed by atoms with Gasteiger partial charge >= 0.3 is 17.1 Å². The average molecular weight is 256 g/mol. The van der Waals surface area contributed by atoms with E-state index >= 15 is 0 Å². The van der Waals surface area contributed by atoms with Gasteiger partial charge in [-0.2, -0.15) is 0 Å². The molecule has 2 heteroatoms. The van der Waals surface area contributed by atoms with Crippen LogP contribution in [0.3, 0.4) is 0 Å². The number of hydrogen-bond acceptors (Lipinski definition) is 1. The van der Waals surface area contributed by atoms with Crippen molar-refractivity contribution in [1.29, 1.82) is 0 Å². The fraction of sp³-hybridized carbons (Fsp3) is 0.143. The molecule has 84 valence electrons. The van der Waals surface area contributed by atoms with Gasteiger partial charge in [-0.3, -0.25) is 0 Å². The molecule has 1 atom stereocenters. The van der Waals surface area contributed by atoms with Gasteiger partial charge in [0.2, 0.25) is 0 Å². The zero-order valence-electron chi connectivity index (χ0n) is 9.07. The Morgan fingerprint density at radius 3 is 1.81 bits per heavy atom. The number of aliphatic hydroxyl groups excluding tert-OH is 1. The van der Waals surface area contributed by atoms with Crippen LogP contribution in [0.1, 0.15) is 6.42 Å². The Hall–Kier alpha value is 0.219. The van der Waals surface area contributed by atoms with Crippen molar-refractivity contribution in [2.24, 2.45) is 0 Å². The summed E-state index contributed by atoms with van der Waals surface area (Å²) < 4.78 is 0. The van der Waals surface area contributed by atoms with Crippen LogP contribution < -0.4 is 0 Å². The molecule has 2 aliphatic carbocycles. The van der Waals surface area contributed by atoms with Crippen LogP contribution in [0.5, 0.6) is 0 Å². The van der Waals surface area contributed by atoms with E-state index in [0.717, 1.165) is 5.92 Å². The van der Waals surface area contributed by atoms with Gasteiger partial charge in [0.1, 0.15) is 0 Å². The monoisotopic (exact) mass is 256 g/mol. The summed E-state index contributed by atoms with van der Waals surface area (Å²) in [5, 5.41) is 9.34. The fourth-order valence-corrected chi connectivity index (χ4v) is 1.23. The second kappa shape index (κ2) is 10.4. The van der Waals surface area contributed by atoms with E-state index in [4.69, 9.17) is 0 Å². The molecular formula is C14H16FeO+2. The molecule has 10 radical (unpaired) electrons. The molecular weight excluding hydrogens is 240 g/mol. The molecule has 0 aromatic carbocycles. The topological polar surface area (TPSA) is 20.2 Å². The quantitative estimate of drug-likeness (QED) is 0.607. The molecule has 2 fully saturated rings. The molecule has 0 saturated heterocycles. The van der Waals surface area contributed by atoms with E-state index in [9.17, 15) is 5.11 Å². The predicted octanol–water partition coefficient (Wildman–Crippen LogP) is 2.35. The molecule has 16 heavy (non-hydrogen) atoms. The first-order valence-corrected chi connectivity index (χ1v) is 5.02. The molecule has 0 aliphatic heterocycles. The minimum Gasteiger partial charge on any atom is -0.392 e. The van der Waals surface area contributed by atoms with Crippen LogP contribution in [-0.2, 0) is 17.1 Å². The molecule has 0 heterocycles. The van der Waals surface area contributed by atoms with Crippen LogP contribution in [0.4, 0.5) is 0 Å². The Bertz CT molecular complexity index is 153. The molecule has 1 nitrogen and oxygen atoms in total. The minimum atomic E-state index is -0.368. The second-order valence-corrected chi connectivity index (χ2v) is 3.22. The summed E-state index contributed by atoms with van der Waals surface area (Å²) in [7, 11) is 0. The molecule has 0 aromatic heterocycles. The molecule has 1 N–H and O–H groups in total. The summed E-state index contributed by atoms with van der Waals surface area (Å²) in [4.78, 5) is 0. The normalized spacial score (nSPS) is 21.8. The van der Waals surface area contributed by atoms with Gasteiger partial charge in [0.15, 0.2) is 0 Å². The summed E-state index contributed by atoms with van der Waals surface area (Å²) in [5.74, 6) is 0.972. The van der Waals surface area contributed by atoms with Crippen molar-refractivity contribution in [1.82, 2.24) is 0 Å². The smallest absolute Gasteiger partial charge is 0.392 e. The third-order valence-corrected chi connectivity index (χ3v) is 2.02. The average Bonchev–Trinajstić information content (AvgIpc) is 2.95. The van der Waals surface area contributed by atoms with Gasteiger partial charge in [-0.1, -0.05) is 6.08 Å². The van der Waals surface area contributed by atoms with Crippen molar-refractivity contribution in [3.63, 3.8) is 0 Å². The standard InChI is InChI=1S/C9H11O.C5H5.Fe/c1-2-5-9(10)8-6-3-4-7-8;1-2-4-5-3-1;/h2-4,6-7,9-10H,1,5H2;1-5H;/q;;+2. The van der Waals surface area contributed by atoms with E-state index in [1.54, 1.807) is 6.08 Å². The van der Waals surface area contributed by atoms with E-state index in [1.807, 2.05) is 57.8 Å². The molecule has 0 bridgehead atoms. The zero-order valence-corrected chi connectivity index (χ0v) is 10.2. The van der Waals surface area contributed by atoms with E-state index in [0.29, 0.717) is 6.42 Å². The number of hydrogen-bond donors (Lipinski definition) is 1. The third-order valence-electron chi connectivity index (χ3n) is 2.02. The van der Waals surface area contributed by atoms with Crippen LogP contribution in [-0.4, -0.2) is 11.2 Å². The predicted molar refractivity (Wildman–Crippen MR) is 62.8 cm³/mol. The van der Waals surface area contributed by atoms with Crippen molar-refractivity contribution >= 4 is 0 Å². The SMILES string of the molecule is C=CCC(O)[C]1[CH][CH][CH][CH]1.[CH]1[CH][CH][CH][CH]1.[Fe+2]. The Balaban J connectivity index is 0.000000318.